The first-order chi connectivity index (χ1) is 10.8. The number of benzene rings is 1. The summed E-state index contributed by atoms with van der Waals surface area (Å²) in [7, 11) is 0. The third-order valence-corrected chi connectivity index (χ3v) is 5.54. The molecular weight excluding hydrogens is 272 g/mol. The molecule has 0 unspecified atom stereocenters. The molecule has 3 nitrogen and oxygen atoms in total. The van der Waals surface area contributed by atoms with Gasteiger partial charge in [0.05, 0.1) is 0 Å². The van der Waals surface area contributed by atoms with Gasteiger partial charge >= 0.3 is 0 Å². The Hall–Kier alpha value is -1.35. The molecule has 1 aliphatic heterocycles. The lowest BCUT2D eigenvalue weighted by molar-refractivity contribution is -0.130. The van der Waals surface area contributed by atoms with Crippen LogP contribution in [0.3, 0.4) is 0 Å². The smallest absolute Gasteiger partial charge is 0.222 e. The molecule has 0 aromatic heterocycles. The summed E-state index contributed by atoms with van der Waals surface area (Å²) in [5, 5.41) is 3.89. The summed E-state index contributed by atoms with van der Waals surface area (Å²) in [6.45, 7) is 1.95. The lowest BCUT2D eigenvalue weighted by atomic mass is 10.0. The Morgan fingerprint density at radius 1 is 1.09 bits per heavy atom. The molecule has 0 bridgehead atoms. The Morgan fingerprint density at radius 3 is 2.55 bits per heavy atom. The van der Waals surface area contributed by atoms with Crippen LogP contribution < -0.4 is 5.32 Å². The predicted molar refractivity (Wildman–Crippen MR) is 87.4 cm³/mol. The standard InChI is InChI=1S/C19H26N2O/c22-18-9-8-17(10-13-21(18)14-15-6-7-15)20-19(11-12-19)16-4-2-1-3-5-16/h1-5,15,17,20H,6-14H2/t17-/m0/s1. The Labute approximate surface area is 133 Å². The highest BCUT2D eigenvalue weighted by molar-refractivity contribution is 5.76. The molecule has 1 heterocycles. The van der Waals surface area contributed by atoms with E-state index in [4.69, 9.17) is 0 Å². The summed E-state index contributed by atoms with van der Waals surface area (Å²) in [6, 6.07) is 11.3. The summed E-state index contributed by atoms with van der Waals surface area (Å²) < 4.78 is 0. The van der Waals surface area contributed by atoms with E-state index in [1.165, 1.54) is 31.2 Å². The summed E-state index contributed by atoms with van der Waals surface area (Å²) in [4.78, 5) is 14.4. The van der Waals surface area contributed by atoms with E-state index in [-0.39, 0.29) is 5.54 Å². The van der Waals surface area contributed by atoms with E-state index in [1.54, 1.807) is 0 Å². The van der Waals surface area contributed by atoms with Gasteiger partial charge in [-0.15, -0.1) is 0 Å². The maximum Gasteiger partial charge on any atom is 0.222 e. The largest absolute Gasteiger partial charge is 0.342 e. The third kappa shape index (κ3) is 3.05. The number of likely N-dealkylation sites (tertiary alicyclic amines) is 1. The van der Waals surface area contributed by atoms with Gasteiger partial charge in [-0.25, -0.2) is 0 Å². The van der Waals surface area contributed by atoms with E-state index < -0.39 is 0 Å². The molecule has 3 heteroatoms. The Kier molecular flexibility index (Phi) is 3.69. The first-order valence-corrected chi connectivity index (χ1v) is 8.86. The van der Waals surface area contributed by atoms with Crippen molar-refractivity contribution in [3.05, 3.63) is 35.9 Å². The third-order valence-electron chi connectivity index (χ3n) is 5.54. The highest BCUT2D eigenvalue weighted by Crippen LogP contribution is 2.46. The van der Waals surface area contributed by atoms with Crippen LogP contribution in [-0.4, -0.2) is 29.9 Å². The van der Waals surface area contributed by atoms with E-state index >= 15 is 0 Å². The topological polar surface area (TPSA) is 32.3 Å². The molecule has 0 spiro atoms. The van der Waals surface area contributed by atoms with Gasteiger partial charge in [0, 0.05) is 31.1 Å². The van der Waals surface area contributed by atoms with Crippen molar-refractivity contribution in [2.24, 2.45) is 5.92 Å². The molecule has 1 amide bonds. The van der Waals surface area contributed by atoms with Crippen LogP contribution >= 0.6 is 0 Å². The fourth-order valence-electron chi connectivity index (χ4n) is 3.78. The quantitative estimate of drug-likeness (QED) is 0.906. The number of carbonyl (C=O) groups excluding carboxylic acids is 1. The minimum atomic E-state index is 0.195. The van der Waals surface area contributed by atoms with Crippen LogP contribution in [0.5, 0.6) is 0 Å². The fraction of sp³-hybridized carbons (Fsp3) is 0.632. The highest BCUT2D eigenvalue weighted by Gasteiger charge is 2.45. The van der Waals surface area contributed by atoms with Crippen LogP contribution in [0.4, 0.5) is 0 Å². The van der Waals surface area contributed by atoms with Gasteiger partial charge < -0.3 is 10.2 Å². The van der Waals surface area contributed by atoms with Crippen molar-refractivity contribution < 1.29 is 4.79 Å². The van der Waals surface area contributed by atoms with Crippen molar-refractivity contribution in [2.75, 3.05) is 13.1 Å². The van der Waals surface area contributed by atoms with Crippen molar-refractivity contribution in [1.82, 2.24) is 10.2 Å². The molecule has 1 atom stereocenters. The van der Waals surface area contributed by atoms with Crippen LogP contribution in [0, 0.1) is 5.92 Å². The fourth-order valence-corrected chi connectivity index (χ4v) is 3.78. The van der Waals surface area contributed by atoms with E-state index in [2.05, 4.69) is 40.5 Å². The van der Waals surface area contributed by atoms with Gasteiger partial charge in [0.2, 0.25) is 5.91 Å². The molecule has 0 radical (unpaired) electrons. The second-order valence-electron chi connectivity index (χ2n) is 7.40. The molecule has 4 rings (SSSR count). The van der Waals surface area contributed by atoms with Gasteiger partial charge in [-0.05, 0) is 50.0 Å². The Bertz CT molecular complexity index is 534. The number of rotatable bonds is 5. The molecule has 1 aromatic carbocycles. The van der Waals surface area contributed by atoms with Gasteiger partial charge in [0.15, 0.2) is 0 Å². The molecule has 2 aliphatic carbocycles. The maximum absolute atomic E-state index is 12.3. The Morgan fingerprint density at radius 2 is 1.86 bits per heavy atom. The first kappa shape index (κ1) is 14.3. The molecule has 1 saturated heterocycles. The predicted octanol–water partition coefficient (Wildman–Crippen LogP) is 3.06. The van der Waals surface area contributed by atoms with E-state index in [0.717, 1.165) is 38.3 Å². The Balaban J connectivity index is 1.38. The number of nitrogens with one attached hydrogen (secondary N) is 1. The minimum Gasteiger partial charge on any atom is -0.342 e. The average Bonchev–Trinajstić information content (AvgIpc) is 3.44. The van der Waals surface area contributed by atoms with Gasteiger partial charge in [-0.3, -0.25) is 4.79 Å². The molecule has 1 aromatic rings. The van der Waals surface area contributed by atoms with Gasteiger partial charge in [-0.1, -0.05) is 30.3 Å². The second-order valence-corrected chi connectivity index (χ2v) is 7.40. The number of hydrogen-bond donors (Lipinski definition) is 1. The molecule has 22 heavy (non-hydrogen) atoms. The number of hydrogen-bond acceptors (Lipinski definition) is 2. The van der Waals surface area contributed by atoms with Crippen molar-refractivity contribution in [3.63, 3.8) is 0 Å². The lowest BCUT2D eigenvalue weighted by Gasteiger charge is -2.25. The van der Waals surface area contributed by atoms with Crippen molar-refractivity contribution in [3.8, 4) is 0 Å². The van der Waals surface area contributed by atoms with Crippen LogP contribution in [0.15, 0.2) is 30.3 Å². The molecular formula is C19H26N2O. The highest BCUT2D eigenvalue weighted by atomic mass is 16.2. The van der Waals surface area contributed by atoms with Crippen molar-refractivity contribution in [1.29, 1.82) is 0 Å². The van der Waals surface area contributed by atoms with Crippen molar-refractivity contribution in [2.45, 2.75) is 56.5 Å². The van der Waals surface area contributed by atoms with E-state index in [9.17, 15) is 4.79 Å². The van der Waals surface area contributed by atoms with Crippen molar-refractivity contribution >= 4 is 5.91 Å². The first-order valence-electron chi connectivity index (χ1n) is 8.86. The van der Waals surface area contributed by atoms with Gasteiger partial charge in [-0.2, -0.15) is 0 Å². The van der Waals surface area contributed by atoms with E-state index in [0.29, 0.717) is 11.9 Å². The summed E-state index contributed by atoms with van der Waals surface area (Å²) in [5.41, 5.74) is 1.61. The summed E-state index contributed by atoms with van der Waals surface area (Å²) in [6.07, 6.45) is 7.92. The number of carbonyl (C=O) groups is 1. The number of nitrogens with zero attached hydrogens (tertiary/aromatic N) is 1. The molecule has 118 valence electrons. The van der Waals surface area contributed by atoms with Gasteiger partial charge in [0.25, 0.3) is 0 Å². The molecule has 3 aliphatic rings. The summed E-state index contributed by atoms with van der Waals surface area (Å²) >= 11 is 0. The van der Waals surface area contributed by atoms with Crippen LogP contribution in [0.1, 0.15) is 50.5 Å². The van der Waals surface area contributed by atoms with Crippen LogP contribution in [0.25, 0.3) is 0 Å². The van der Waals surface area contributed by atoms with E-state index in [1.807, 2.05) is 0 Å². The van der Waals surface area contributed by atoms with Crippen LogP contribution in [-0.2, 0) is 10.3 Å². The monoisotopic (exact) mass is 298 g/mol. The summed E-state index contributed by atoms with van der Waals surface area (Å²) in [5.74, 6) is 1.17. The maximum atomic E-state index is 12.3. The minimum absolute atomic E-state index is 0.195. The number of amides is 1. The molecule has 3 fully saturated rings. The average molecular weight is 298 g/mol. The zero-order valence-electron chi connectivity index (χ0n) is 13.3. The molecule has 1 N–H and O–H groups in total. The second kappa shape index (κ2) is 5.69. The van der Waals surface area contributed by atoms with Gasteiger partial charge in [0.1, 0.15) is 0 Å². The lowest BCUT2D eigenvalue weighted by Crippen LogP contribution is -2.39. The zero-order valence-corrected chi connectivity index (χ0v) is 13.3. The van der Waals surface area contributed by atoms with Crippen LogP contribution in [0.2, 0.25) is 0 Å². The SMILES string of the molecule is O=C1CC[C@H](NC2(c3ccccc3)CC2)CCN1CC1CC1. The molecule has 2 saturated carbocycles. The zero-order chi connectivity index (χ0) is 15.0. The normalized spacial score (nSPS) is 27.5.